The largest absolute Gasteiger partial charge is 0.347 e. The van der Waals surface area contributed by atoms with E-state index < -0.39 is 11.8 Å². The van der Waals surface area contributed by atoms with Crippen LogP contribution in [-0.2, 0) is 16.0 Å². The van der Waals surface area contributed by atoms with Gasteiger partial charge in [0.05, 0.1) is 13.0 Å². The lowest BCUT2D eigenvalue weighted by molar-refractivity contribution is -0.126. The van der Waals surface area contributed by atoms with Crippen molar-refractivity contribution in [3.05, 3.63) is 70.7 Å². The van der Waals surface area contributed by atoms with Gasteiger partial charge in [-0.2, -0.15) is 0 Å². The van der Waals surface area contributed by atoms with E-state index in [-0.39, 0.29) is 18.9 Å². The molecule has 0 radical (unpaired) electrons. The normalized spacial score (nSPS) is 9.88. The Hall–Kier alpha value is -2.86. The number of halogens is 1. The fourth-order valence-electron chi connectivity index (χ4n) is 1.87. The van der Waals surface area contributed by atoms with Gasteiger partial charge in [0.25, 0.3) is 11.8 Å². The van der Waals surface area contributed by atoms with Gasteiger partial charge in [0.15, 0.2) is 0 Å². The Kier molecular flexibility index (Phi) is 6.33. The van der Waals surface area contributed by atoms with Crippen LogP contribution >= 0.6 is 11.6 Å². The molecule has 0 heterocycles. The van der Waals surface area contributed by atoms with E-state index in [4.69, 9.17) is 11.6 Å². The van der Waals surface area contributed by atoms with E-state index in [9.17, 15) is 14.4 Å². The van der Waals surface area contributed by atoms with Crippen LogP contribution in [0.3, 0.4) is 0 Å². The van der Waals surface area contributed by atoms with Crippen LogP contribution in [0.4, 0.5) is 0 Å². The van der Waals surface area contributed by atoms with Crippen LogP contribution in [0.25, 0.3) is 0 Å². The fourth-order valence-corrected chi connectivity index (χ4v) is 1.99. The average molecular weight is 346 g/mol. The first-order valence-corrected chi connectivity index (χ1v) is 7.58. The summed E-state index contributed by atoms with van der Waals surface area (Å²) in [6.07, 6.45) is 0.186. The van der Waals surface area contributed by atoms with Crippen LogP contribution in [-0.4, -0.2) is 24.3 Å². The first-order chi connectivity index (χ1) is 11.5. The minimum atomic E-state index is -0.529. The van der Waals surface area contributed by atoms with E-state index in [1.54, 1.807) is 12.1 Å². The van der Waals surface area contributed by atoms with Gasteiger partial charge in [0.1, 0.15) is 0 Å². The van der Waals surface area contributed by atoms with Gasteiger partial charge in [0, 0.05) is 10.6 Å². The highest BCUT2D eigenvalue weighted by Crippen LogP contribution is 2.08. The summed E-state index contributed by atoms with van der Waals surface area (Å²) in [5.74, 6) is -1.28. The van der Waals surface area contributed by atoms with Gasteiger partial charge in [0.2, 0.25) is 5.91 Å². The zero-order chi connectivity index (χ0) is 17.4. The molecule has 0 spiro atoms. The summed E-state index contributed by atoms with van der Waals surface area (Å²) in [4.78, 5) is 35.1. The molecule has 124 valence electrons. The molecule has 0 aliphatic heterocycles. The number of hydrazine groups is 1. The Labute approximate surface area is 144 Å². The summed E-state index contributed by atoms with van der Waals surface area (Å²) < 4.78 is 0. The Morgan fingerprint density at radius 3 is 2.17 bits per heavy atom. The highest BCUT2D eigenvalue weighted by Gasteiger charge is 2.09. The molecule has 0 aromatic heterocycles. The van der Waals surface area contributed by atoms with E-state index >= 15 is 0 Å². The summed E-state index contributed by atoms with van der Waals surface area (Å²) in [5, 5.41) is 2.99. The van der Waals surface area contributed by atoms with Crippen molar-refractivity contribution in [3.63, 3.8) is 0 Å². The molecular weight excluding hydrogens is 330 g/mol. The minimum Gasteiger partial charge on any atom is -0.347 e. The van der Waals surface area contributed by atoms with Crippen molar-refractivity contribution in [1.29, 1.82) is 0 Å². The maximum Gasteiger partial charge on any atom is 0.269 e. The average Bonchev–Trinajstić information content (AvgIpc) is 2.59. The Bertz CT molecular complexity index is 718. The van der Waals surface area contributed by atoms with Crippen molar-refractivity contribution in [2.24, 2.45) is 0 Å². The summed E-state index contributed by atoms with van der Waals surface area (Å²) in [5.41, 5.74) is 5.69. The molecule has 6 nitrogen and oxygen atoms in total. The van der Waals surface area contributed by atoms with Crippen molar-refractivity contribution in [1.82, 2.24) is 16.2 Å². The van der Waals surface area contributed by atoms with Crippen LogP contribution in [0.2, 0.25) is 5.02 Å². The molecule has 0 fully saturated rings. The van der Waals surface area contributed by atoms with Gasteiger partial charge in [-0.15, -0.1) is 0 Å². The third-order valence-corrected chi connectivity index (χ3v) is 3.33. The lowest BCUT2D eigenvalue weighted by atomic mass is 10.1. The molecule has 24 heavy (non-hydrogen) atoms. The van der Waals surface area contributed by atoms with Gasteiger partial charge in [-0.3, -0.25) is 25.2 Å². The van der Waals surface area contributed by atoms with Crippen LogP contribution in [0, 0.1) is 0 Å². The number of nitrogens with one attached hydrogen (secondary N) is 3. The Balaban J connectivity index is 1.70. The molecule has 2 aromatic carbocycles. The zero-order valence-electron chi connectivity index (χ0n) is 12.7. The predicted molar refractivity (Wildman–Crippen MR) is 90.2 cm³/mol. The molecule has 0 atom stereocenters. The summed E-state index contributed by atoms with van der Waals surface area (Å²) in [7, 11) is 0. The molecule has 0 unspecified atom stereocenters. The highest BCUT2D eigenvalue weighted by atomic mass is 35.5. The van der Waals surface area contributed by atoms with Crippen LogP contribution in [0.15, 0.2) is 54.6 Å². The van der Waals surface area contributed by atoms with Gasteiger partial charge >= 0.3 is 0 Å². The molecule has 0 saturated carbocycles. The molecule has 3 amide bonds. The maximum absolute atomic E-state index is 11.8. The lowest BCUT2D eigenvalue weighted by Gasteiger charge is -2.08. The van der Waals surface area contributed by atoms with Crippen LogP contribution in [0.5, 0.6) is 0 Å². The van der Waals surface area contributed by atoms with Gasteiger partial charge < -0.3 is 5.32 Å². The van der Waals surface area contributed by atoms with Gasteiger partial charge in [-0.05, 0) is 29.8 Å². The number of benzene rings is 2. The van der Waals surface area contributed by atoms with E-state index in [1.165, 1.54) is 12.1 Å². The Morgan fingerprint density at radius 1 is 0.833 bits per heavy atom. The monoisotopic (exact) mass is 345 g/mol. The summed E-state index contributed by atoms with van der Waals surface area (Å²) in [6.45, 7) is -0.230. The highest BCUT2D eigenvalue weighted by molar-refractivity contribution is 6.30. The third kappa shape index (κ3) is 5.73. The number of carbonyl (C=O) groups excluding carboxylic acids is 3. The van der Waals surface area contributed by atoms with E-state index in [0.717, 1.165) is 5.56 Å². The topological polar surface area (TPSA) is 87.3 Å². The molecule has 3 N–H and O–H groups in total. The molecule has 0 aliphatic rings. The van der Waals surface area contributed by atoms with Gasteiger partial charge in [-0.1, -0.05) is 41.9 Å². The lowest BCUT2D eigenvalue weighted by Crippen LogP contribution is -2.46. The first-order valence-electron chi connectivity index (χ1n) is 7.20. The standard InChI is InChI=1S/C17H16ClN3O3/c18-14-8-6-13(7-9-14)17(24)21-20-16(23)11-19-15(22)10-12-4-2-1-3-5-12/h1-9H,10-11H2,(H,19,22)(H,20,23)(H,21,24). The number of carbonyl (C=O) groups is 3. The predicted octanol–water partition coefficient (Wildman–Crippen LogP) is 1.46. The van der Waals surface area contributed by atoms with E-state index in [1.807, 2.05) is 30.3 Å². The Morgan fingerprint density at radius 2 is 1.50 bits per heavy atom. The number of hydrogen-bond acceptors (Lipinski definition) is 3. The van der Waals surface area contributed by atoms with Gasteiger partial charge in [-0.25, -0.2) is 0 Å². The molecule has 7 heteroatoms. The summed E-state index contributed by atoms with van der Waals surface area (Å²) in [6, 6.07) is 15.4. The zero-order valence-corrected chi connectivity index (χ0v) is 13.5. The van der Waals surface area contributed by atoms with Crippen molar-refractivity contribution >= 4 is 29.3 Å². The minimum absolute atomic E-state index is 0.186. The third-order valence-electron chi connectivity index (χ3n) is 3.08. The number of rotatable bonds is 5. The molecule has 2 rings (SSSR count). The van der Waals surface area contributed by atoms with Crippen molar-refractivity contribution < 1.29 is 14.4 Å². The molecule has 2 aromatic rings. The number of hydrogen-bond donors (Lipinski definition) is 3. The second-order valence-electron chi connectivity index (χ2n) is 4.95. The second-order valence-corrected chi connectivity index (χ2v) is 5.38. The summed E-state index contributed by atoms with van der Waals surface area (Å²) >= 11 is 5.73. The van der Waals surface area contributed by atoms with Crippen molar-refractivity contribution in [3.8, 4) is 0 Å². The molecule has 0 saturated heterocycles. The second kappa shape index (κ2) is 8.69. The number of amides is 3. The fraction of sp³-hybridized carbons (Fsp3) is 0.118. The SMILES string of the molecule is O=C(Cc1ccccc1)NCC(=O)NNC(=O)c1ccc(Cl)cc1. The van der Waals surface area contributed by atoms with Crippen LogP contribution < -0.4 is 16.2 Å². The molecule has 0 bridgehead atoms. The quantitative estimate of drug-likeness (QED) is 0.717. The van der Waals surface area contributed by atoms with Crippen molar-refractivity contribution in [2.45, 2.75) is 6.42 Å². The smallest absolute Gasteiger partial charge is 0.269 e. The molecule has 0 aliphatic carbocycles. The van der Waals surface area contributed by atoms with Crippen molar-refractivity contribution in [2.75, 3.05) is 6.54 Å². The molecular formula is C17H16ClN3O3. The maximum atomic E-state index is 11.8. The van der Waals surface area contributed by atoms with E-state index in [0.29, 0.717) is 10.6 Å². The first kappa shape index (κ1) is 17.5. The van der Waals surface area contributed by atoms with E-state index in [2.05, 4.69) is 16.2 Å². The van der Waals surface area contributed by atoms with Crippen LogP contribution in [0.1, 0.15) is 15.9 Å².